The Morgan fingerprint density at radius 3 is 2.83 bits per heavy atom. The Kier molecular flexibility index (Phi) is 7.55. The minimum Gasteiger partial charge on any atom is -0.349 e. The largest absolute Gasteiger partial charge is 0.416 e. The van der Waals surface area contributed by atoms with Crippen LogP contribution in [0.4, 0.5) is 18.0 Å². The molecule has 2 aliphatic heterocycles. The average Bonchev–Trinajstić information content (AvgIpc) is 3.24. The van der Waals surface area contributed by atoms with Gasteiger partial charge in [0.05, 0.1) is 23.7 Å². The van der Waals surface area contributed by atoms with Gasteiger partial charge < -0.3 is 16.0 Å². The molecule has 0 bridgehead atoms. The van der Waals surface area contributed by atoms with Crippen LogP contribution in [0.2, 0.25) is 0 Å². The Hall–Kier alpha value is -1.90. The fraction of sp³-hybridized carbons (Fsp3) is 0.619. The number of amides is 3. The summed E-state index contributed by atoms with van der Waals surface area (Å²) in [6, 6.07) is 5.01. The molecule has 2 heterocycles. The number of hydrogen-bond donors (Lipinski definition) is 3. The molecule has 1 unspecified atom stereocenters. The molecular weight excluding hydrogens is 415 g/mol. The van der Waals surface area contributed by atoms with Crippen LogP contribution in [0.15, 0.2) is 24.3 Å². The fourth-order valence-electron chi connectivity index (χ4n) is 4.08. The van der Waals surface area contributed by atoms with Gasteiger partial charge in [0.25, 0.3) is 0 Å². The van der Waals surface area contributed by atoms with E-state index in [0.29, 0.717) is 30.1 Å². The van der Waals surface area contributed by atoms with E-state index in [9.17, 15) is 22.8 Å². The van der Waals surface area contributed by atoms with E-state index in [2.05, 4.69) is 16.0 Å². The third-order valence-corrected chi connectivity index (χ3v) is 7.12. The normalized spacial score (nSPS) is 24.1. The maximum absolute atomic E-state index is 13.0. The van der Waals surface area contributed by atoms with Gasteiger partial charge in [-0.25, -0.2) is 4.79 Å². The maximum atomic E-state index is 13.0. The highest BCUT2D eigenvalue weighted by Gasteiger charge is 2.42. The van der Waals surface area contributed by atoms with Gasteiger partial charge in [-0.3, -0.25) is 4.79 Å². The van der Waals surface area contributed by atoms with Crippen LogP contribution in [-0.4, -0.2) is 35.0 Å². The monoisotopic (exact) mass is 443 g/mol. The van der Waals surface area contributed by atoms with Gasteiger partial charge in [0.1, 0.15) is 0 Å². The van der Waals surface area contributed by atoms with Crippen molar-refractivity contribution in [3.63, 3.8) is 0 Å². The van der Waals surface area contributed by atoms with Crippen molar-refractivity contribution < 1.29 is 22.8 Å². The third kappa shape index (κ3) is 5.83. The lowest BCUT2D eigenvalue weighted by molar-refractivity contribution is -0.137. The van der Waals surface area contributed by atoms with Gasteiger partial charge in [0, 0.05) is 17.4 Å². The Balaban J connectivity index is 1.46. The lowest BCUT2D eigenvalue weighted by Gasteiger charge is -2.20. The Labute approximate surface area is 178 Å². The number of unbranched alkanes of at least 4 members (excludes halogenated alkanes) is 1. The van der Waals surface area contributed by atoms with Crippen LogP contribution in [0.25, 0.3) is 0 Å². The SMILES string of the molecule is CCCC(NC(=O)CCCC[C@@H]1SC[C@@H]2NC(=O)N[C@@H]21)c1cccc(C(F)(F)F)c1. The van der Waals surface area contributed by atoms with Gasteiger partial charge in [-0.15, -0.1) is 0 Å². The van der Waals surface area contributed by atoms with Gasteiger partial charge in [0.15, 0.2) is 0 Å². The second-order valence-corrected chi connectivity index (χ2v) is 9.17. The van der Waals surface area contributed by atoms with Crippen molar-refractivity contribution in [2.75, 3.05) is 5.75 Å². The van der Waals surface area contributed by atoms with Crippen LogP contribution in [0.3, 0.4) is 0 Å². The van der Waals surface area contributed by atoms with Crippen LogP contribution in [0.5, 0.6) is 0 Å². The zero-order valence-corrected chi connectivity index (χ0v) is 17.7. The maximum Gasteiger partial charge on any atom is 0.416 e. The summed E-state index contributed by atoms with van der Waals surface area (Å²) < 4.78 is 39.0. The first kappa shape index (κ1) is 22.8. The minimum atomic E-state index is -4.40. The van der Waals surface area contributed by atoms with Crippen LogP contribution >= 0.6 is 11.8 Å². The molecule has 2 aliphatic rings. The van der Waals surface area contributed by atoms with Gasteiger partial charge in [-0.2, -0.15) is 24.9 Å². The standard InChI is InChI=1S/C21H28F3N3O2S/c1-2-6-15(13-7-5-8-14(11-13)21(22,23)24)25-18(28)10-4-3-9-17-19-16(12-30-17)26-20(29)27-19/h5,7-8,11,15-17,19H,2-4,6,9-10,12H2,1H3,(H,25,28)(H2,26,27,29)/t15?,16-,17-,19-/m0/s1. The lowest BCUT2D eigenvalue weighted by atomic mass is 9.99. The number of hydrogen-bond acceptors (Lipinski definition) is 3. The van der Waals surface area contributed by atoms with Crippen LogP contribution < -0.4 is 16.0 Å². The minimum absolute atomic E-state index is 0.105. The first-order valence-electron chi connectivity index (χ1n) is 10.4. The first-order valence-corrected chi connectivity index (χ1v) is 11.5. The van der Waals surface area contributed by atoms with E-state index in [0.717, 1.165) is 37.1 Å². The summed E-state index contributed by atoms with van der Waals surface area (Å²) in [5, 5.41) is 9.13. The van der Waals surface area contributed by atoms with Gasteiger partial charge >= 0.3 is 12.2 Å². The molecule has 3 N–H and O–H groups in total. The van der Waals surface area contributed by atoms with Crippen LogP contribution in [0.1, 0.15) is 62.6 Å². The Bertz CT molecular complexity index is 759. The molecule has 0 aliphatic carbocycles. The number of benzene rings is 1. The molecule has 4 atom stereocenters. The highest BCUT2D eigenvalue weighted by molar-refractivity contribution is 8.00. The number of alkyl halides is 3. The average molecular weight is 444 g/mol. The smallest absolute Gasteiger partial charge is 0.349 e. The quantitative estimate of drug-likeness (QED) is 0.392. The van der Waals surface area contributed by atoms with Crippen LogP contribution in [0, 0.1) is 0 Å². The lowest BCUT2D eigenvalue weighted by Crippen LogP contribution is -2.36. The molecule has 1 aromatic rings. The molecule has 0 spiro atoms. The summed E-state index contributed by atoms with van der Waals surface area (Å²) in [4.78, 5) is 23.8. The molecule has 0 radical (unpaired) electrons. The number of halogens is 3. The van der Waals surface area contributed by atoms with Crippen molar-refractivity contribution in [3.05, 3.63) is 35.4 Å². The second kappa shape index (κ2) is 9.94. The van der Waals surface area contributed by atoms with E-state index in [1.807, 2.05) is 18.7 Å². The Morgan fingerprint density at radius 2 is 2.10 bits per heavy atom. The van der Waals surface area contributed by atoms with Crippen molar-refractivity contribution in [1.82, 2.24) is 16.0 Å². The molecule has 3 rings (SSSR count). The van der Waals surface area contributed by atoms with Crippen LogP contribution in [-0.2, 0) is 11.0 Å². The van der Waals surface area contributed by atoms with E-state index in [4.69, 9.17) is 0 Å². The molecule has 3 amide bonds. The van der Waals surface area contributed by atoms with E-state index < -0.39 is 17.8 Å². The second-order valence-electron chi connectivity index (χ2n) is 7.90. The molecule has 1 aromatic carbocycles. The van der Waals surface area contributed by atoms with Gasteiger partial charge in [-0.1, -0.05) is 31.9 Å². The number of fused-ring (bicyclic) bond motifs is 1. The predicted octanol–water partition coefficient (Wildman–Crippen LogP) is 4.39. The number of nitrogens with one attached hydrogen (secondary N) is 3. The molecule has 166 valence electrons. The fourth-order valence-corrected chi connectivity index (χ4v) is 5.63. The summed E-state index contributed by atoms with van der Waals surface area (Å²) in [7, 11) is 0. The third-order valence-electron chi connectivity index (χ3n) is 5.61. The predicted molar refractivity (Wildman–Crippen MR) is 111 cm³/mol. The summed E-state index contributed by atoms with van der Waals surface area (Å²) in [5.41, 5.74) is -0.214. The molecule has 30 heavy (non-hydrogen) atoms. The van der Waals surface area contributed by atoms with Crippen molar-refractivity contribution >= 4 is 23.7 Å². The van der Waals surface area contributed by atoms with Gasteiger partial charge in [-0.05, 0) is 37.0 Å². The number of rotatable bonds is 9. The summed E-state index contributed by atoms with van der Waals surface area (Å²) >= 11 is 1.84. The molecule has 2 saturated heterocycles. The van der Waals surface area contributed by atoms with E-state index >= 15 is 0 Å². The number of urea groups is 1. The van der Waals surface area contributed by atoms with Crippen molar-refractivity contribution in [3.8, 4) is 0 Å². The molecule has 9 heteroatoms. The molecule has 5 nitrogen and oxygen atoms in total. The van der Waals surface area contributed by atoms with E-state index in [1.165, 1.54) is 6.07 Å². The number of carbonyl (C=O) groups is 2. The molecular formula is C21H28F3N3O2S. The van der Waals surface area contributed by atoms with E-state index in [-0.39, 0.29) is 24.0 Å². The summed E-state index contributed by atoms with van der Waals surface area (Å²) in [5.74, 6) is 0.767. The highest BCUT2D eigenvalue weighted by Crippen LogP contribution is 2.33. The molecule has 2 fully saturated rings. The molecule has 0 aromatic heterocycles. The zero-order valence-electron chi connectivity index (χ0n) is 16.9. The first-order chi connectivity index (χ1) is 14.3. The zero-order chi connectivity index (χ0) is 21.7. The number of carbonyl (C=O) groups excluding carboxylic acids is 2. The Morgan fingerprint density at radius 1 is 1.30 bits per heavy atom. The van der Waals surface area contributed by atoms with E-state index in [1.54, 1.807) is 6.07 Å². The highest BCUT2D eigenvalue weighted by atomic mass is 32.2. The summed E-state index contributed by atoms with van der Waals surface area (Å²) in [6.45, 7) is 1.94. The van der Waals surface area contributed by atoms with Crippen molar-refractivity contribution in [1.29, 1.82) is 0 Å². The van der Waals surface area contributed by atoms with Crippen molar-refractivity contribution in [2.24, 2.45) is 0 Å². The summed E-state index contributed by atoms with van der Waals surface area (Å²) in [6.07, 6.45) is -0.218. The molecule has 0 saturated carbocycles. The number of thioether (sulfide) groups is 1. The topological polar surface area (TPSA) is 70.2 Å². The van der Waals surface area contributed by atoms with Gasteiger partial charge in [0.2, 0.25) is 5.91 Å². The van der Waals surface area contributed by atoms with Crippen molar-refractivity contribution in [2.45, 2.75) is 75.0 Å².